The van der Waals surface area contributed by atoms with Crippen LogP contribution in [0.25, 0.3) is 5.69 Å². The van der Waals surface area contributed by atoms with Crippen molar-refractivity contribution in [3.05, 3.63) is 40.6 Å². The number of benzene rings is 1. The number of morpholine rings is 1. The van der Waals surface area contributed by atoms with Crippen LogP contribution in [0.4, 0.5) is 5.69 Å². The van der Waals surface area contributed by atoms with Crippen molar-refractivity contribution < 1.29 is 4.74 Å². The Morgan fingerprint density at radius 3 is 2.64 bits per heavy atom. The van der Waals surface area contributed by atoms with Crippen molar-refractivity contribution in [2.45, 2.75) is 20.3 Å². The lowest BCUT2D eigenvalue weighted by Gasteiger charge is -2.29. The average molecular weight is 364 g/mol. The van der Waals surface area contributed by atoms with Gasteiger partial charge in [0.1, 0.15) is 4.60 Å². The molecular formula is C17H22BrN3O. The van der Waals surface area contributed by atoms with Gasteiger partial charge in [-0.15, -0.1) is 0 Å². The van der Waals surface area contributed by atoms with E-state index in [1.165, 1.54) is 11.4 Å². The molecule has 0 saturated carbocycles. The number of hydrogen-bond acceptors (Lipinski definition) is 3. The van der Waals surface area contributed by atoms with Crippen LogP contribution in [0, 0.1) is 5.92 Å². The fourth-order valence-corrected chi connectivity index (χ4v) is 3.24. The Bertz CT molecular complexity index is 633. The van der Waals surface area contributed by atoms with Crippen molar-refractivity contribution in [3.8, 4) is 5.69 Å². The number of ether oxygens (including phenoxy) is 1. The summed E-state index contributed by atoms with van der Waals surface area (Å²) in [5, 5.41) is 4.61. The zero-order valence-corrected chi connectivity index (χ0v) is 14.7. The maximum Gasteiger partial charge on any atom is 0.128 e. The standard InChI is InChI=1S/C17H22BrN3O/c1-13(2)10-16-12-17(18)19-21(16)15-5-3-4-14(11-15)20-6-8-22-9-7-20/h3-5,11-13H,6-10H2,1-2H3. The van der Waals surface area contributed by atoms with E-state index in [2.05, 4.69) is 70.1 Å². The molecule has 0 bridgehead atoms. The summed E-state index contributed by atoms with van der Waals surface area (Å²) in [6.07, 6.45) is 1.01. The molecule has 5 heteroatoms. The Hall–Kier alpha value is -1.33. The molecular weight excluding hydrogens is 342 g/mol. The highest BCUT2D eigenvalue weighted by Crippen LogP contribution is 2.23. The number of halogens is 1. The second-order valence-electron chi connectivity index (χ2n) is 6.09. The van der Waals surface area contributed by atoms with Gasteiger partial charge < -0.3 is 9.64 Å². The van der Waals surface area contributed by atoms with Crippen LogP contribution < -0.4 is 4.90 Å². The normalized spacial score (nSPS) is 15.5. The van der Waals surface area contributed by atoms with Gasteiger partial charge in [0.25, 0.3) is 0 Å². The van der Waals surface area contributed by atoms with Gasteiger partial charge in [-0.1, -0.05) is 19.9 Å². The molecule has 2 aromatic rings. The molecule has 0 aliphatic carbocycles. The minimum atomic E-state index is 0.602. The molecule has 1 aromatic carbocycles. The van der Waals surface area contributed by atoms with E-state index < -0.39 is 0 Å². The number of rotatable bonds is 4. The molecule has 22 heavy (non-hydrogen) atoms. The Kier molecular flexibility index (Phi) is 4.84. The van der Waals surface area contributed by atoms with E-state index in [1.807, 2.05) is 4.68 Å². The predicted molar refractivity (Wildman–Crippen MR) is 92.8 cm³/mol. The van der Waals surface area contributed by atoms with Gasteiger partial charge in [0.15, 0.2) is 0 Å². The van der Waals surface area contributed by atoms with Crippen molar-refractivity contribution in [2.75, 3.05) is 31.2 Å². The first-order valence-electron chi connectivity index (χ1n) is 7.81. The van der Waals surface area contributed by atoms with Crippen molar-refractivity contribution in [2.24, 2.45) is 5.92 Å². The van der Waals surface area contributed by atoms with Crippen LogP contribution in [0.3, 0.4) is 0 Å². The zero-order chi connectivity index (χ0) is 15.5. The van der Waals surface area contributed by atoms with Crippen molar-refractivity contribution >= 4 is 21.6 Å². The van der Waals surface area contributed by atoms with Crippen molar-refractivity contribution in [1.82, 2.24) is 9.78 Å². The molecule has 0 spiro atoms. The third kappa shape index (κ3) is 3.52. The first kappa shape index (κ1) is 15.6. The minimum Gasteiger partial charge on any atom is -0.378 e. The number of hydrogen-bond donors (Lipinski definition) is 0. The Morgan fingerprint density at radius 1 is 1.18 bits per heavy atom. The quantitative estimate of drug-likeness (QED) is 0.829. The molecule has 0 unspecified atom stereocenters. The van der Waals surface area contributed by atoms with E-state index in [0.717, 1.165) is 43.0 Å². The largest absolute Gasteiger partial charge is 0.378 e. The molecule has 1 aliphatic rings. The average Bonchev–Trinajstić information content (AvgIpc) is 2.88. The third-order valence-electron chi connectivity index (χ3n) is 3.82. The van der Waals surface area contributed by atoms with Crippen LogP contribution in [0.1, 0.15) is 19.5 Å². The van der Waals surface area contributed by atoms with Gasteiger partial charge in [-0.25, -0.2) is 4.68 Å². The molecule has 3 rings (SSSR count). The second kappa shape index (κ2) is 6.84. The molecule has 118 valence electrons. The highest BCUT2D eigenvalue weighted by molar-refractivity contribution is 9.10. The van der Waals surface area contributed by atoms with E-state index in [4.69, 9.17) is 4.74 Å². The summed E-state index contributed by atoms with van der Waals surface area (Å²) in [5.41, 5.74) is 3.59. The first-order chi connectivity index (χ1) is 10.6. The van der Waals surface area contributed by atoms with Gasteiger partial charge in [0.05, 0.1) is 18.9 Å². The van der Waals surface area contributed by atoms with Crippen molar-refractivity contribution in [3.63, 3.8) is 0 Å². The van der Waals surface area contributed by atoms with E-state index >= 15 is 0 Å². The zero-order valence-electron chi connectivity index (χ0n) is 13.1. The van der Waals surface area contributed by atoms with Gasteiger partial charge in [-0.05, 0) is 52.5 Å². The highest BCUT2D eigenvalue weighted by atomic mass is 79.9. The van der Waals surface area contributed by atoms with Gasteiger partial charge >= 0.3 is 0 Å². The van der Waals surface area contributed by atoms with E-state index in [-0.39, 0.29) is 0 Å². The molecule has 2 heterocycles. The molecule has 0 N–H and O–H groups in total. The third-order valence-corrected chi connectivity index (χ3v) is 4.21. The molecule has 0 atom stereocenters. The van der Waals surface area contributed by atoms with Gasteiger partial charge in [-0.2, -0.15) is 5.10 Å². The van der Waals surface area contributed by atoms with Gasteiger partial charge in [-0.3, -0.25) is 0 Å². The summed E-state index contributed by atoms with van der Waals surface area (Å²) in [4.78, 5) is 2.37. The number of anilines is 1. The summed E-state index contributed by atoms with van der Waals surface area (Å²) in [7, 11) is 0. The number of nitrogens with zero attached hydrogens (tertiary/aromatic N) is 3. The fraction of sp³-hybridized carbons (Fsp3) is 0.471. The smallest absolute Gasteiger partial charge is 0.128 e. The summed E-state index contributed by atoms with van der Waals surface area (Å²) >= 11 is 3.51. The van der Waals surface area contributed by atoms with Crippen LogP contribution in [0.2, 0.25) is 0 Å². The molecule has 1 fully saturated rings. The predicted octanol–water partition coefficient (Wildman–Crippen LogP) is 3.67. The van der Waals surface area contributed by atoms with Crippen LogP contribution in [0.5, 0.6) is 0 Å². The molecule has 1 saturated heterocycles. The van der Waals surface area contributed by atoms with Crippen LogP contribution in [0.15, 0.2) is 34.9 Å². The Labute approximate surface area is 140 Å². The molecule has 1 aromatic heterocycles. The Balaban J connectivity index is 1.91. The maximum absolute atomic E-state index is 5.44. The number of aromatic nitrogens is 2. The minimum absolute atomic E-state index is 0.602. The monoisotopic (exact) mass is 363 g/mol. The van der Waals surface area contributed by atoms with E-state index in [1.54, 1.807) is 0 Å². The fourth-order valence-electron chi connectivity index (χ4n) is 2.82. The second-order valence-corrected chi connectivity index (χ2v) is 6.90. The van der Waals surface area contributed by atoms with E-state index in [0.29, 0.717) is 5.92 Å². The molecule has 4 nitrogen and oxygen atoms in total. The molecule has 0 amide bonds. The summed E-state index contributed by atoms with van der Waals surface area (Å²) in [6, 6.07) is 10.7. The van der Waals surface area contributed by atoms with Gasteiger partial charge in [0.2, 0.25) is 0 Å². The summed E-state index contributed by atoms with van der Waals surface area (Å²) in [6.45, 7) is 7.97. The van der Waals surface area contributed by atoms with E-state index in [9.17, 15) is 0 Å². The maximum atomic E-state index is 5.44. The molecule has 1 aliphatic heterocycles. The van der Waals surface area contributed by atoms with Gasteiger partial charge in [0, 0.05) is 24.5 Å². The topological polar surface area (TPSA) is 30.3 Å². The lowest BCUT2D eigenvalue weighted by atomic mass is 10.1. The Morgan fingerprint density at radius 2 is 1.91 bits per heavy atom. The van der Waals surface area contributed by atoms with Crippen LogP contribution in [-0.4, -0.2) is 36.1 Å². The van der Waals surface area contributed by atoms with Crippen molar-refractivity contribution in [1.29, 1.82) is 0 Å². The SMILES string of the molecule is CC(C)Cc1cc(Br)nn1-c1cccc(N2CCOCC2)c1. The summed E-state index contributed by atoms with van der Waals surface area (Å²) in [5.74, 6) is 0.602. The lowest BCUT2D eigenvalue weighted by molar-refractivity contribution is 0.122. The molecule has 0 radical (unpaired) electrons. The highest BCUT2D eigenvalue weighted by Gasteiger charge is 2.14. The summed E-state index contributed by atoms with van der Waals surface area (Å²) < 4.78 is 8.38. The first-order valence-corrected chi connectivity index (χ1v) is 8.60. The lowest BCUT2D eigenvalue weighted by Crippen LogP contribution is -2.36. The van der Waals surface area contributed by atoms with Crippen LogP contribution >= 0.6 is 15.9 Å². The van der Waals surface area contributed by atoms with Crippen LogP contribution in [-0.2, 0) is 11.2 Å².